The van der Waals surface area contributed by atoms with Crippen LogP contribution in [0.2, 0.25) is 0 Å². The molecule has 3 rings (SSSR count). The second-order valence-corrected chi connectivity index (χ2v) is 10.3. The van der Waals surface area contributed by atoms with Crippen LogP contribution in [0.1, 0.15) is 5.56 Å². The Kier molecular flexibility index (Phi) is 6.61. The van der Waals surface area contributed by atoms with Crippen molar-refractivity contribution < 1.29 is 17.6 Å². The number of benzene rings is 2. The van der Waals surface area contributed by atoms with Crippen LogP contribution in [0.5, 0.6) is 0 Å². The SMILES string of the molecule is O=C(Nc1ccccc1F)C(Cc1ccccc1)NS(=O)(=O)c1ccc(Br)s1. The number of para-hydroxylation sites is 1. The van der Waals surface area contributed by atoms with Gasteiger partial charge in [-0.15, -0.1) is 11.3 Å². The van der Waals surface area contributed by atoms with E-state index in [4.69, 9.17) is 0 Å². The van der Waals surface area contributed by atoms with Crippen LogP contribution in [0.3, 0.4) is 0 Å². The fraction of sp³-hybridized carbons (Fsp3) is 0.105. The minimum absolute atomic E-state index is 0.0105. The molecule has 0 bridgehead atoms. The number of nitrogens with one attached hydrogen (secondary N) is 2. The molecule has 1 amide bonds. The fourth-order valence-electron chi connectivity index (χ4n) is 2.51. The monoisotopic (exact) mass is 482 g/mol. The molecule has 0 saturated heterocycles. The smallest absolute Gasteiger partial charge is 0.250 e. The minimum atomic E-state index is -3.92. The molecule has 0 radical (unpaired) electrons. The first-order valence-corrected chi connectivity index (χ1v) is 11.3. The third-order valence-corrected chi connectivity index (χ3v) is 7.43. The van der Waals surface area contributed by atoms with Crippen LogP contribution in [0, 0.1) is 5.82 Å². The highest BCUT2D eigenvalue weighted by Gasteiger charge is 2.27. The summed E-state index contributed by atoms with van der Waals surface area (Å²) in [5.41, 5.74) is 0.759. The van der Waals surface area contributed by atoms with E-state index in [9.17, 15) is 17.6 Å². The van der Waals surface area contributed by atoms with E-state index in [0.717, 1.165) is 16.9 Å². The van der Waals surface area contributed by atoms with Gasteiger partial charge in [0, 0.05) is 0 Å². The molecule has 0 fully saturated rings. The van der Waals surface area contributed by atoms with Crippen LogP contribution in [-0.2, 0) is 21.2 Å². The van der Waals surface area contributed by atoms with E-state index in [2.05, 4.69) is 26.0 Å². The van der Waals surface area contributed by atoms with Gasteiger partial charge in [-0.3, -0.25) is 4.79 Å². The molecule has 1 heterocycles. The third kappa shape index (κ3) is 5.26. The maximum absolute atomic E-state index is 13.9. The summed E-state index contributed by atoms with van der Waals surface area (Å²) >= 11 is 4.27. The van der Waals surface area contributed by atoms with Gasteiger partial charge in [-0.1, -0.05) is 42.5 Å². The second-order valence-electron chi connectivity index (χ2n) is 5.89. The lowest BCUT2D eigenvalue weighted by Gasteiger charge is -2.18. The van der Waals surface area contributed by atoms with Crippen molar-refractivity contribution in [2.45, 2.75) is 16.7 Å². The van der Waals surface area contributed by atoms with Crippen LogP contribution in [0.15, 0.2) is 74.7 Å². The molecule has 5 nitrogen and oxygen atoms in total. The highest BCUT2D eigenvalue weighted by molar-refractivity contribution is 9.11. The van der Waals surface area contributed by atoms with Gasteiger partial charge in [0.2, 0.25) is 5.91 Å². The lowest BCUT2D eigenvalue weighted by molar-refractivity contribution is -0.117. The molecule has 28 heavy (non-hydrogen) atoms. The van der Waals surface area contributed by atoms with E-state index in [1.165, 1.54) is 24.3 Å². The van der Waals surface area contributed by atoms with Gasteiger partial charge in [0.1, 0.15) is 16.1 Å². The molecule has 3 aromatic rings. The van der Waals surface area contributed by atoms with E-state index < -0.39 is 27.8 Å². The van der Waals surface area contributed by atoms with Gasteiger partial charge in [0.15, 0.2) is 0 Å². The zero-order valence-corrected chi connectivity index (χ0v) is 17.7. The Labute approximate surface area is 174 Å². The summed E-state index contributed by atoms with van der Waals surface area (Å²) in [5.74, 6) is -1.24. The normalized spacial score (nSPS) is 12.5. The largest absolute Gasteiger partial charge is 0.322 e. The van der Waals surface area contributed by atoms with Crippen molar-refractivity contribution in [2.75, 3.05) is 5.32 Å². The Morgan fingerprint density at radius 1 is 1.04 bits per heavy atom. The van der Waals surface area contributed by atoms with Crippen LogP contribution in [0.25, 0.3) is 0 Å². The summed E-state index contributed by atoms with van der Waals surface area (Å²) in [5, 5.41) is 2.46. The van der Waals surface area contributed by atoms with E-state index in [1.807, 2.05) is 6.07 Å². The maximum Gasteiger partial charge on any atom is 0.250 e. The van der Waals surface area contributed by atoms with Gasteiger partial charge in [-0.05, 0) is 52.2 Å². The van der Waals surface area contributed by atoms with Crippen LogP contribution in [-0.4, -0.2) is 20.4 Å². The van der Waals surface area contributed by atoms with Gasteiger partial charge in [-0.25, -0.2) is 12.8 Å². The van der Waals surface area contributed by atoms with Crippen molar-refractivity contribution >= 4 is 48.9 Å². The Hall–Kier alpha value is -2.07. The maximum atomic E-state index is 13.9. The first-order valence-electron chi connectivity index (χ1n) is 8.22. The highest BCUT2D eigenvalue weighted by Crippen LogP contribution is 2.26. The number of hydrogen-bond donors (Lipinski definition) is 2. The molecule has 1 atom stereocenters. The van der Waals surface area contributed by atoms with E-state index >= 15 is 0 Å². The molecule has 0 aliphatic rings. The Morgan fingerprint density at radius 3 is 2.36 bits per heavy atom. The summed E-state index contributed by atoms with van der Waals surface area (Å²) in [6.07, 6.45) is 0.118. The summed E-state index contributed by atoms with van der Waals surface area (Å²) in [6.45, 7) is 0. The zero-order valence-electron chi connectivity index (χ0n) is 14.4. The van der Waals surface area contributed by atoms with Crippen molar-refractivity contribution in [3.8, 4) is 0 Å². The molecular formula is C19H16BrFN2O3S2. The highest BCUT2D eigenvalue weighted by atomic mass is 79.9. The molecule has 0 saturated carbocycles. The number of carbonyl (C=O) groups excluding carboxylic acids is 1. The Balaban J connectivity index is 1.86. The molecule has 1 aromatic heterocycles. The van der Waals surface area contributed by atoms with Crippen molar-refractivity contribution in [2.24, 2.45) is 0 Å². The van der Waals surface area contributed by atoms with Crippen LogP contribution in [0.4, 0.5) is 10.1 Å². The third-order valence-electron chi connectivity index (χ3n) is 3.84. The topological polar surface area (TPSA) is 75.3 Å². The molecule has 0 aliphatic heterocycles. The van der Waals surface area contributed by atoms with Crippen LogP contribution >= 0.6 is 27.3 Å². The van der Waals surface area contributed by atoms with E-state index in [0.29, 0.717) is 3.79 Å². The Bertz CT molecular complexity index is 1070. The molecular weight excluding hydrogens is 467 g/mol. The quantitative estimate of drug-likeness (QED) is 0.530. The number of hydrogen-bond acceptors (Lipinski definition) is 4. The molecule has 9 heteroatoms. The van der Waals surface area contributed by atoms with Gasteiger partial charge in [0.25, 0.3) is 10.0 Å². The summed E-state index contributed by atoms with van der Waals surface area (Å²) in [7, 11) is -3.92. The molecule has 0 aliphatic carbocycles. The number of halogens is 2. The summed E-state index contributed by atoms with van der Waals surface area (Å²) in [6, 6.07) is 16.7. The van der Waals surface area contributed by atoms with E-state index in [-0.39, 0.29) is 16.3 Å². The summed E-state index contributed by atoms with van der Waals surface area (Å²) < 4.78 is 42.5. The molecule has 2 N–H and O–H groups in total. The summed E-state index contributed by atoms with van der Waals surface area (Å²) in [4.78, 5) is 12.8. The first-order chi connectivity index (χ1) is 13.3. The lowest BCUT2D eigenvalue weighted by Crippen LogP contribution is -2.45. The van der Waals surface area contributed by atoms with Gasteiger partial charge in [-0.2, -0.15) is 4.72 Å². The van der Waals surface area contributed by atoms with Crippen molar-refractivity contribution in [1.29, 1.82) is 0 Å². The predicted octanol–water partition coefficient (Wildman–Crippen LogP) is 4.18. The lowest BCUT2D eigenvalue weighted by atomic mass is 10.1. The van der Waals surface area contributed by atoms with Crippen molar-refractivity contribution in [1.82, 2.24) is 4.72 Å². The number of sulfonamides is 1. The van der Waals surface area contributed by atoms with Crippen LogP contribution < -0.4 is 10.0 Å². The average Bonchev–Trinajstić information content (AvgIpc) is 3.11. The van der Waals surface area contributed by atoms with Gasteiger partial charge in [0.05, 0.1) is 9.47 Å². The number of rotatable bonds is 7. The minimum Gasteiger partial charge on any atom is -0.322 e. The number of anilines is 1. The predicted molar refractivity (Wildman–Crippen MR) is 111 cm³/mol. The average molecular weight is 483 g/mol. The number of thiophene rings is 1. The van der Waals surface area contributed by atoms with Gasteiger partial charge >= 0.3 is 0 Å². The number of amides is 1. The fourth-order valence-corrected chi connectivity index (χ4v) is 5.73. The van der Waals surface area contributed by atoms with Crippen molar-refractivity contribution in [3.63, 3.8) is 0 Å². The standard InChI is InChI=1S/C19H16BrFN2O3S2/c20-17-10-11-18(27-17)28(25,26)23-16(12-13-6-2-1-3-7-13)19(24)22-15-9-5-4-8-14(15)21/h1-11,16,23H,12H2,(H,22,24). The molecule has 2 aromatic carbocycles. The van der Waals surface area contributed by atoms with Crippen molar-refractivity contribution in [3.05, 3.63) is 81.9 Å². The molecule has 0 spiro atoms. The van der Waals surface area contributed by atoms with Gasteiger partial charge < -0.3 is 5.32 Å². The molecule has 1 unspecified atom stereocenters. The first kappa shape index (κ1) is 20.7. The molecule has 146 valence electrons. The number of carbonyl (C=O) groups is 1. The Morgan fingerprint density at radius 2 is 1.71 bits per heavy atom. The second kappa shape index (κ2) is 8.95. The zero-order chi connectivity index (χ0) is 20.1. The van der Waals surface area contributed by atoms with E-state index in [1.54, 1.807) is 36.4 Å².